The molecule has 0 bridgehead atoms. The Morgan fingerprint density at radius 3 is 2.93 bits per heavy atom. The Morgan fingerprint density at radius 1 is 1.40 bits per heavy atom. The van der Waals surface area contributed by atoms with Crippen LogP contribution in [0.2, 0.25) is 0 Å². The van der Waals surface area contributed by atoms with Crippen LogP contribution < -0.4 is 0 Å². The maximum atomic E-state index is 10.7. The van der Waals surface area contributed by atoms with Crippen LogP contribution in [0.15, 0.2) is 12.2 Å². The molecule has 0 heterocycles. The number of fused-ring (bicyclic) bond motifs is 1. The van der Waals surface area contributed by atoms with Crippen molar-refractivity contribution in [2.24, 2.45) is 5.92 Å². The Hall–Kier alpha value is -0.340. The minimum Gasteiger partial charge on any atom is -0.389 e. The van der Waals surface area contributed by atoms with Crippen LogP contribution in [0.3, 0.4) is 0 Å². The first-order valence-corrected chi connectivity index (χ1v) is 6.07. The van der Waals surface area contributed by atoms with E-state index in [2.05, 4.69) is 6.58 Å². The monoisotopic (exact) mass is 210 g/mol. The Kier molecular flexibility index (Phi) is 3.17. The first-order valence-electron chi connectivity index (χ1n) is 6.07. The lowest BCUT2D eigenvalue weighted by molar-refractivity contribution is -0.101. The van der Waals surface area contributed by atoms with Crippen LogP contribution in [-0.4, -0.2) is 23.9 Å². The summed E-state index contributed by atoms with van der Waals surface area (Å²) in [5.41, 5.74) is 0.677. The highest BCUT2D eigenvalue weighted by molar-refractivity contribution is 5.09. The maximum Gasteiger partial charge on any atom is 0.0737 e. The standard InChI is InChI=1S/C13H22O2/c1-10-6-7-12(15-2)11-5-3-4-8-13(11,14)9-10/h11-12,14H,1,3-9H2,2H3. The van der Waals surface area contributed by atoms with E-state index in [0.717, 1.165) is 38.5 Å². The molecule has 0 saturated heterocycles. The van der Waals surface area contributed by atoms with E-state index >= 15 is 0 Å². The van der Waals surface area contributed by atoms with Gasteiger partial charge in [-0.05, 0) is 32.1 Å². The number of methoxy groups -OCH3 is 1. The second-order valence-electron chi connectivity index (χ2n) is 5.20. The largest absolute Gasteiger partial charge is 0.389 e. The van der Waals surface area contributed by atoms with Crippen LogP contribution in [0.1, 0.15) is 44.9 Å². The molecule has 2 heteroatoms. The quantitative estimate of drug-likeness (QED) is 0.674. The summed E-state index contributed by atoms with van der Waals surface area (Å²) in [7, 11) is 1.77. The molecule has 2 saturated carbocycles. The van der Waals surface area contributed by atoms with Gasteiger partial charge < -0.3 is 9.84 Å². The molecule has 3 atom stereocenters. The van der Waals surface area contributed by atoms with E-state index in [9.17, 15) is 5.11 Å². The molecule has 3 unspecified atom stereocenters. The van der Waals surface area contributed by atoms with Crippen molar-refractivity contribution in [3.05, 3.63) is 12.2 Å². The molecule has 2 aliphatic rings. The van der Waals surface area contributed by atoms with Crippen molar-refractivity contribution >= 4 is 0 Å². The van der Waals surface area contributed by atoms with Crippen molar-refractivity contribution in [3.63, 3.8) is 0 Å². The topological polar surface area (TPSA) is 29.5 Å². The fourth-order valence-electron chi connectivity index (χ4n) is 3.35. The highest BCUT2D eigenvalue weighted by Gasteiger charge is 2.44. The maximum absolute atomic E-state index is 10.7. The summed E-state index contributed by atoms with van der Waals surface area (Å²) < 4.78 is 5.55. The third kappa shape index (κ3) is 2.11. The first-order chi connectivity index (χ1) is 7.15. The minimum absolute atomic E-state index is 0.231. The van der Waals surface area contributed by atoms with Crippen LogP contribution in [0.4, 0.5) is 0 Å². The SMILES string of the molecule is C=C1CCC(OC)C2CCCCC2(O)C1. The van der Waals surface area contributed by atoms with Crippen molar-refractivity contribution in [2.45, 2.75) is 56.7 Å². The van der Waals surface area contributed by atoms with Gasteiger partial charge in [0, 0.05) is 13.0 Å². The average Bonchev–Trinajstić information content (AvgIpc) is 2.33. The molecule has 86 valence electrons. The van der Waals surface area contributed by atoms with Crippen LogP contribution in [-0.2, 0) is 4.74 Å². The van der Waals surface area contributed by atoms with Gasteiger partial charge in [0.05, 0.1) is 11.7 Å². The zero-order valence-corrected chi connectivity index (χ0v) is 9.67. The second-order valence-corrected chi connectivity index (χ2v) is 5.20. The lowest BCUT2D eigenvalue weighted by atomic mass is 9.71. The summed E-state index contributed by atoms with van der Waals surface area (Å²) in [6.07, 6.45) is 7.49. The minimum atomic E-state index is -0.521. The number of hydrogen-bond donors (Lipinski definition) is 1. The molecule has 2 nitrogen and oxygen atoms in total. The van der Waals surface area contributed by atoms with Crippen molar-refractivity contribution in [1.82, 2.24) is 0 Å². The summed E-state index contributed by atoms with van der Waals surface area (Å²) in [5.74, 6) is 0.329. The molecule has 1 N–H and O–H groups in total. The summed E-state index contributed by atoms with van der Waals surface area (Å²) >= 11 is 0. The van der Waals surface area contributed by atoms with Gasteiger partial charge in [0.25, 0.3) is 0 Å². The molecule has 2 rings (SSSR count). The molecular formula is C13H22O2. The lowest BCUT2D eigenvalue weighted by Gasteiger charge is -2.42. The fraction of sp³-hybridized carbons (Fsp3) is 0.846. The van der Waals surface area contributed by atoms with Crippen molar-refractivity contribution in [1.29, 1.82) is 0 Å². The third-order valence-electron chi connectivity index (χ3n) is 4.16. The van der Waals surface area contributed by atoms with Gasteiger partial charge in [-0.25, -0.2) is 0 Å². The molecular weight excluding hydrogens is 188 g/mol. The van der Waals surface area contributed by atoms with Gasteiger partial charge in [-0.1, -0.05) is 25.0 Å². The average molecular weight is 210 g/mol. The van der Waals surface area contributed by atoms with Crippen LogP contribution in [0, 0.1) is 5.92 Å². The van der Waals surface area contributed by atoms with Crippen LogP contribution in [0.25, 0.3) is 0 Å². The van der Waals surface area contributed by atoms with Crippen molar-refractivity contribution in [3.8, 4) is 0 Å². The first kappa shape index (κ1) is 11.2. The highest BCUT2D eigenvalue weighted by atomic mass is 16.5. The van der Waals surface area contributed by atoms with E-state index in [1.807, 2.05) is 0 Å². The Bertz CT molecular complexity index is 249. The van der Waals surface area contributed by atoms with E-state index in [1.165, 1.54) is 12.0 Å². The summed E-state index contributed by atoms with van der Waals surface area (Å²) in [6.45, 7) is 4.06. The van der Waals surface area contributed by atoms with Crippen LogP contribution >= 0.6 is 0 Å². The normalized spacial score (nSPS) is 42.1. The molecule has 2 aliphatic carbocycles. The smallest absolute Gasteiger partial charge is 0.0737 e. The molecule has 15 heavy (non-hydrogen) atoms. The van der Waals surface area contributed by atoms with E-state index in [0.29, 0.717) is 5.92 Å². The molecule has 0 spiro atoms. The summed E-state index contributed by atoms with van der Waals surface area (Å²) in [4.78, 5) is 0. The van der Waals surface area contributed by atoms with Crippen molar-refractivity contribution in [2.75, 3.05) is 7.11 Å². The third-order valence-corrected chi connectivity index (χ3v) is 4.16. The highest BCUT2D eigenvalue weighted by Crippen LogP contribution is 2.44. The van der Waals surface area contributed by atoms with Gasteiger partial charge in [-0.3, -0.25) is 0 Å². The molecule has 0 aromatic heterocycles. The summed E-state index contributed by atoms with van der Waals surface area (Å²) in [5, 5.41) is 10.7. The van der Waals surface area contributed by atoms with E-state index < -0.39 is 5.60 Å². The van der Waals surface area contributed by atoms with Gasteiger partial charge in [0.1, 0.15) is 0 Å². The predicted octanol–water partition coefficient (Wildman–Crippen LogP) is 2.66. The fourth-order valence-corrected chi connectivity index (χ4v) is 3.35. The van der Waals surface area contributed by atoms with E-state index in [-0.39, 0.29) is 6.10 Å². The van der Waals surface area contributed by atoms with Gasteiger partial charge in [-0.15, -0.1) is 0 Å². The number of ether oxygens (including phenoxy) is 1. The number of rotatable bonds is 1. The predicted molar refractivity (Wildman–Crippen MR) is 60.7 cm³/mol. The molecule has 0 aliphatic heterocycles. The zero-order valence-electron chi connectivity index (χ0n) is 9.67. The van der Waals surface area contributed by atoms with E-state index in [4.69, 9.17) is 4.74 Å². The summed E-state index contributed by atoms with van der Waals surface area (Å²) in [6, 6.07) is 0. The molecule has 0 amide bonds. The second kappa shape index (κ2) is 4.26. The van der Waals surface area contributed by atoms with Gasteiger partial charge >= 0.3 is 0 Å². The Labute approximate surface area is 92.3 Å². The van der Waals surface area contributed by atoms with Gasteiger partial charge in [0.2, 0.25) is 0 Å². The molecule has 0 aromatic rings. The molecule has 0 aromatic carbocycles. The lowest BCUT2D eigenvalue weighted by Crippen LogP contribution is -2.45. The zero-order chi connectivity index (χ0) is 10.9. The van der Waals surface area contributed by atoms with Gasteiger partial charge in [-0.2, -0.15) is 0 Å². The Morgan fingerprint density at radius 2 is 2.20 bits per heavy atom. The van der Waals surface area contributed by atoms with E-state index in [1.54, 1.807) is 7.11 Å². The number of hydrogen-bond acceptors (Lipinski definition) is 2. The van der Waals surface area contributed by atoms with Gasteiger partial charge in [0.15, 0.2) is 0 Å². The Balaban J connectivity index is 2.22. The molecule has 2 fully saturated rings. The number of aliphatic hydroxyl groups is 1. The van der Waals surface area contributed by atoms with Crippen molar-refractivity contribution < 1.29 is 9.84 Å². The molecule has 0 radical (unpaired) electrons. The van der Waals surface area contributed by atoms with Crippen LogP contribution in [0.5, 0.6) is 0 Å².